The fourth-order valence-corrected chi connectivity index (χ4v) is 5.34. The molecule has 0 radical (unpaired) electrons. The lowest BCUT2D eigenvalue weighted by molar-refractivity contribution is -0.137. The van der Waals surface area contributed by atoms with Gasteiger partial charge < -0.3 is 10.2 Å². The number of carbonyl (C=O) groups excluding carboxylic acids is 2. The summed E-state index contributed by atoms with van der Waals surface area (Å²) in [6.45, 7) is 1.50. The number of Topliss-reactive ketones (excluding diaryl/α,β-unsaturated/α-hetero) is 1. The summed E-state index contributed by atoms with van der Waals surface area (Å²) in [4.78, 5) is 26.0. The molecule has 1 N–H and O–H groups in total. The average molecular weight is 498 g/mol. The van der Waals surface area contributed by atoms with Crippen LogP contribution in [0.5, 0.6) is 0 Å². The molecule has 0 aliphatic carbocycles. The molecule has 11 heteroatoms. The molecule has 0 atom stereocenters. The van der Waals surface area contributed by atoms with Crippen LogP contribution in [0.25, 0.3) is 0 Å². The Morgan fingerprint density at radius 1 is 1.06 bits per heavy atom. The molecule has 2 aromatic carbocycles. The van der Waals surface area contributed by atoms with E-state index in [1.54, 1.807) is 19.0 Å². The highest BCUT2D eigenvalue weighted by Gasteiger charge is 2.34. The summed E-state index contributed by atoms with van der Waals surface area (Å²) in [5.41, 5.74) is -0.122. The van der Waals surface area contributed by atoms with Gasteiger partial charge in [0, 0.05) is 38.7 Å². The number of nitrogens with one attached hydrogen (secondary N) is 1. The normalized spacial score (nSPS) is 15.7. The quantitative estimate of drug-likeness (QED) is 0.610. The van der Waals surface area contributed by atoms with Gasteiger partial charge in [-0.2, -0.15) is 17.5 Å². The van der Waals surface area contributed by atoms with Crippen LogP contribution in [0.2, 0.25) is 0 Å². The van der Waals surface area contributed by atoms with Crippen LogP contribution in [0.1, 0.15) is 35.7 Å². The predicted octanol–water partition coefficient (Wildman–Crippen LogP) is 4.01. The van der Waals surface area contributed by atoms with Crippen LogP contribution in [-0.4, -0.2) is 51.6 Å². The zero-order valence-corrected chi connectivity index (χ0v) is 19.8. The second-order valence-corrected chi connectivity index (χ2v) is 10.3. The number of carbonyl (C=O) groups is 2. The Kier molecular flexibility index (Phi) is 7.37. The second kappa shape index (κ2) is 9.75. The highest BCUT2D eigenvalue weighted by molar-refractivity contribution is 7.89. The van der Waals surface area contributed by atoms with E-state index < -0.39 is 33.6 Å². The van der Waals surface area contributed by atoms with Crippen molar-refractivity contribution in [2.45, 2.75) is 30.8 Å². The molecule has 0 bridgehead atoms. The third-order valence-corrected chi connectivity index (χ3v) is 7.66. The number of nitrogens with zero attached hydrogens (tertiary/aromatic N) is 2. The summed E-state index contributed by atoms with van der Waals surface area (Å²) in [7, 11) is -0.537. The number of ketones is 1. The van der Waals surface area contributed by atoms with Crippen molar-refractivity contribution < 1.29 is 31.2 Å². The highest BCUT2D eigenvalue weighted by Crippen LogP contribution is 2.35. The minimum absolute atomic E-state index is 0.00249. The van der Waals surface area contributed by atoms with Gasteiger partial charge in [-0.1, -0.05) is 12.1 Å². The number of piperidine rings is 1. The zero-order valence-electron chi connectivity index (χ0n) is 19.0. The molecule has 0 spiro atoms. The molecule has 0 aromatic heterocycles. The predicted molar refractivity (Wildman–Crippen MR) is 122 cm³/mol. The first-order chi connectivity index (χ1) is 15.8. The molecule has 1 aliphatic heterocycles. The molecular formula is C23H26F3N3O4S. The Morgan fingerprint density at radius 3 is 2.26 bits per heavy atom. The van der Waals surface area contributed by atoms with Crippen molar-refractivity contribution in [1.82, 2.24) is 4.31 Å². The number of benzene rings is 2. The lowest BCUT2D eigenvalue weighted by Crippen LogP contribution is -2.41. The van der Waals surface area contributed by atoms with Gasteiger partial charge in [0.15, 0.2) is 5.78 Å². The molecule has 184 valence electrons. The minimum atomic E-state index is -4.55. The Balaban J connectivity index is 1.72. The molecule has 1 aliphatic rings. The van der Waals surface area contributed by atoms with E-state index in [0.717, 1.165) is 12.1 Å². The molecular weight excluding hydrogens is 471 g/mol. The average Bonchev–Trinajstić information content (AvgIpc) is 2.78. The first-order valence-corrected chi connectivity index (χ1v) is 12.1. The molecule has 7 nitrogen and oxygen atoms in total. The lowest BCUT2D eigenvalue weighted by Gasteiger charge is -2.31. The Morgan fingerprint density at radius 2 is 1.71 bits per heavy atom. The maximum absolute atomic E-state index is 13.1. The van der Waals surface area contributed by atoms with E-state index in [9.17, 15) is 31.2 Å². The summed E-state index contributed by atoms with van der Waals surface area (Å²) < 4.78 is 66.7. The largest absolute Gasteiger partial charge is 0.416 e. The van der Waals surface area contributed by atoms with E-state index in [1.807, 2.05) is 0 Å². The van der Waals surface area contributed by atoms with Crippen molar-refractivity contribution in [3.8, 4) is 0 Å². The van der Waals surface area contributed by atoms with E-state index in [4.69, 9.17) is 0 Å². The number of sulfonamides is 1. The van der Waals surface area contributed by atoms with Crippen LogP contribution in [0.3, 0.4) is 0 Å². The van der Waals surface area contributed by atoms with Crippen LogP contribution in [0.4, 0.5) is 24.5 Å². The maximum Gasteiger partial charge on any atom is 0.416 e. The van der Waals surface area contributed by atoms with Crippen molar-refractivity contribution in [1.29, 1.82) is 0 Å². The van der Waals surface area contributed by atoms with Crippen LogP contribution in [0.15, 0.2) is 47.4 Å². The number of halogens is 3. The third kappa shape index (κ3) is 5.58. The van der Waals surface area contributed by atoms with Gasteiger partial charge in [0.2, 0.25) is 15.9 Å². The van der Waals surface area contributed by atoms with Gasteiger partial charge >= 0.3 is 6.18 Å². The van der Waals surface area contributed by atoms with E-state index in [2.05, 4.69) is 5.32 Å². The molecule has 1 amide bonds. The lowest BCUT2D eigenvalue weighted by atomic mass is 9.97. The zero-order chi connectivity index (χ0) is 25.3. The van der Waals surface area contributed by atoms with Crippen LogP contribution < -0.4 is 10.2 Å². The Hall–Kier alpha value is -2.92. The molecule has 2 aromatic rings. The van der Waals surface area contributed by atoms with Gasteiger partial charge in [-0.15, -0.1) is 0 Å². The second-order valence-electron chi connectivity index (χ2n) is 8.38. The van der Waals surface area contributed by atoms with E-state index >= 15 is 0 Å². The fourth-order valence-electron chi connectivity index (χ4n) is 3.82. The standard InChI is InChI=1S/C23H26F3N3O4S/c1-15(30)17-5-4-6-19(13-17)34(32,33)29-11-9-16(10-12-29)22(31)27-20-14-18(23(24,25)26)7-8-21(20)28(2)3/h4-8,13-14,16H,9-12H2,1-3H3,(H,27,31). The summed E-state index contributed by atoms with van der Waals surface area (Å²) in [5.74, 6) is -1.27. The summed E-state index contributed by atoms with van der Waals surface area (Å²) in [6, 6.07) is 8.92. The van der Waals surface area contributed by atoms with Gasteiger partial charge in [-0.25, -0.2) is 8.42 Å². The van der Waals surface area contributed by atoms with Crippen LogP contribution >= 0.6 is 0 Å². The Bertz CT molecular complexity index is 1190. The number of anilines is 2. The molecule has 1 fully saturated rings. The topological polar surface area (TPSA) is 86.8 Å². The Labute approximate surface area is 196 Å². The SMILES string of the molecule is CC(=O)c1cccc(S(=O)(=O)N2CCC(C(=O)Nc3cc(C(F)(F)F)ccc3N(C)C)CC2)c1. The van der Waals surface area contributed by atoms with E-state index in [-0.39, 0.29) is 47.9 Å². The molecule has 3 rings (SSSR count). The van der Waals surface area contributed by atoms with Crippen LogP contribution in [0, 0.1) is 5.92 Å². The van der Waals surface area contributed by atoms with E-state index in [0.29, 0.717) is 5.69 Å². The van der Waals surface area contributed by atoms with Crippen molar-refractivity contribution in [3.63, 3.8) is 0 Å². The number of rotatable bonds is 6. The van der Waals surface area contributed by atoms with Gasteiger partial charge in [0.25, 0.3) is 0 Å². The van der Waals surface area contributed by atoms with Gasteiger partial charge in [-0.3, -0.25) is 9.59 Å². The summed E-state index contributed by atoms with van der Waals surface area (Å²) >= 11 is 0. The monoisotopic (exact) mass is 497 g/mol. The van der Waals surface area contributed by atoms with Crippen molar-refractivity contribution in [2.24, 2.45) is 5.92 Å². The number of hydrogen-bond donors (Lipinski definition) is 1. The first kappa shape index (κ1) is 25.7. The molecule has 34 heavy (non-hydrogen) atoms. The number of hydrogen-bond acceptors (Lipinski definition) is 5. The highest BCUT2D eigenvalue weighted by atomic mass is 32.2. The summed E-state index contributed by atoms with van der Waals surface area (Å²) in [5, 5.41) is 2.59. The molecule has 0 unspecified atom stereocenters. The first-order valence-electron chi connectivity index (χ1n) is 10.6. The number of alkyl halides is 3. The minimum Gasteiger partial charge on any atom is -0.376 e. The maximum atomic E-state index is 13.1. The van der Waals surface area contributed by atoms with Crippen molar-refractivity contribution >= 4 is 33.1 Å². The third-order valence-electron chi connectivity index (χ3n) is 5.77. The molecule has 0 saturated carbocycles. The molecule has 1 saturated heterocycles. The van der Waals surface area contributed by atoms with Gasteiger partial charge in [0.1, 0.15) is 0 Å². The molecule has 1 heterocycles. The van der Waals surface area contributed by atoms with Crippen molar-refractivity contribution in [2.75, 3.05) is 37.4 Å². The van der Waals surface area contributed by atoms with Crippen molar-refractivity contribution in [3.05, 3.63) is 53.6 Å². The smallest absolute Gasteiger partial charge is 0.376 e. The van der Waals surface area contributed by atoms with E-state index in [1.165, 1.54) is 41.6 Å². The fraction of sp³-hybridized carbons (Fsp3) is 0.391. The van der Waals surface area contributed by atoms with Gasteiger partial charge in [-0.05, 0) is 50.1 Å². The van der Waals surface area contributed by atoms with Gasteiger partial charge in [0.05, 0.1) is 21.8 Å². The number of amides is 1. The summed E-state index contributed by atoms with van der Waals surface area (Å²) in [6.07, 6.45) is -4.12. The van der Waals surface area contributed by atoms with Crippen LogP contribution in [-0.2, 0) is 21.0 Å².